The van der Waals surface area contributed by atoms with Crippen molar-refractivity contribution in [2.75, 3.05) is 4.90 Å². The van der Waals surface area contributed by atoms with Crippen molar-refractivity contribution < 1.29 is 29.3 Å². The highest BCUT2D eigenvalue weighted by molar-refractivity contribution is 7.13. The lowest BCUT2D eigenvalue weighted by molar-refractivity contribution is 0.0693. The fourth-order valence-electron chi connectivity index (χ4n) is 4.90. The Morgan fingerprint density at radius 3 is 2.12 bits per heavy atom. The van der Waals surface area contributed by atoms with Crippen molar-refractivity contribution in [1.29, 1.82) is 0 Å². The molecule has 6 rings (SSSR count). The van der Waals surface area contributed by atoms with Crippen molar-refractivity contribution >= 4 is 34.8 Å². The van der Waals surface area contributed by atoms with Crippen LogP contribution >= 0.6 is 11.3 Å². The Morgan fingerprint density at radius 1 is 0.771 bits per heavy atom. The number of nitrogens with one attached hydrogen (secondary N) is 1. The summed E-state index contributed by atoms with van der Waals surface area (Å²) in [6.07, 6.45) is 0. The number of aromatic nitrogens is 1. The van der Waals surface area contributed by atoms with Gasteiger partial charge in [0.2, 0.25) is 0 Å². The molecule has 0 atom stereocenters. The van der Waals surface area contributed by atoms with E-state index in [9.17, 15) is 24.6 Å². The van der Waals surface area contributed by atoms with Crippen LogP contribution in [0.2, 0.25) is 0 Å². The Bertz CT molecular complexity index is 2050. The number of aromatic hydroxyl groups is 1. The third kappa shape index (κ3) is 7.57. The third-order valence-corrected chi connectivity index (χ3v) is 8.35. The minimum absolute atomic E-state index is 0.0634. The highest BCUT2D eigenvalue weighted by atomic mass is 32.1. The maximum atomic E-state index is 13.6. The number of carboxylic acids is 1. The van der Waals surface area contributed by atoms with E-state index in [4.69, 9.17) is 9.72 Å². The molecule has 1 heterocycles. The topological polar surface area (TPSA) is 129 Å². The summed E-state index contributed by atoms with van der Waals surface area (Å²) in [5, 5.41) is 25.0. The molecule has 0 bridgehead atoms. The molecule has 1 aromatic heterocycles. The predicted octanol–water partition coefficient (Wildman–Crippen LogP) is 7.78. The van der Waals surface area contributed by atoms with Crippen LogP contribution < -0.4 is 15.0 Å². The first kappa shape index (κ1) is 31.7. The molecule has 238 valence electrons. The second-order valence-corrected chi connectivity index (χ2v) is 11.6. The molecule has 0 aliphatic rings. The summed E-state index contributed by atoms with van der Waals surface area (Å²) in [6, 6.07) is 36.8. The lowest BCUT2D eigenvalue weighted by atomic mass is 10.1. The standard InChI is InChI=1S/C38H29N3O6S/c42-34-20-17-30(21-33(34)38(45)46)41(37(44)28-7-3-1-4-8-28)23-29-24-48-36(40-29)27-15-13-26(14-16-27)35(43)39-22-25-11-18-32(19-12-25)47-31-9-5-2-6-10-31/h1-21,24,42H,22-23H2,(H,39,43)(H,45,46). The number of para-hydroxylation sites is 1. The van der Waals surface area contributed by atoms with Crippen molar-refractivity contribution in [1.82, 2.24) is 10.3 Å². The number of thiazole rings is 1. The average molecular weight is 656 g/mol. The Hall–Kier alpha value is -6.26. The maximum Gasteiger partial charge on any atom is 0.339 e. The van der Waals surface area contributed by atoms with Crippen LogP contribution in [0.3, 0.4) is 0 Å². The zero-order valence-electron chi connectivity index (χ0n) is 25.4. The average Bonchev–Trinajstić information content (AvgIpc) is 3.60. The fourth-order valence-corrected chi connectivity index (χ4v) is 5.72. The number of ether oxygens (including phenoxy) is 1. The number of amides is 2. The van der Waals surface area contributed by atoms with Crippen molar-refractivity contribution in [3.05, 3.63) is 161 Å². The van der Waals surface area contributed by atoms with Gasteiger partial charge in [0.1, 0.15) is 27.8 Å². The van der Waals surface area contributed by atoms with E-state index in [1.807, 2.05) is 72.1 Å². The van der Waals surface area contributed by atoms with Crippen LogP contribution in [0, 0.1) is 0 Å². The lowest BCUT2D eigenvalue weighted by Crippen LogP contribution is -2.30. The number of carboxylic acid groups (broad SMARTS) is 1. The fraction of sp³-hybridized carbons (Fsp3) is 0.0526. The smallest absolute Gasteiger partial charge is 0.339 e. The van der Waals surface area contributed by atoms with E-state index in [1.54, 1.807) is 42.5 Å². The number of hydrogen-bond acceptors (Lipinski definition) is 7. The van der Waals surface area contributed by atoms with Crippen LogP contribution in [0.15, 0.2) is 133 Å². The Labute approximate surface area is 280 Å². The minimum Gasteiger partial charge on any atom is -0.507 e. The van der Waals surface area contributed by atoms with E-state index in [1.165, 1.54) is 34.4 Å². The number of benzene rings is 5. The summed E-state index contributed by atoms with van der Waals surface area (Å²) in [5.74, 6) is -0.802. The number of aromatic carboxylic acids is 1. The van der Waals surface area contributed by atoms with Gasteiger partial charge in [0.15, 0.2) is 0 Å². The molecule has 10 heteroatoms. The van der Waals surface area contributed by atoms with Crippen LogP contribution in [-0.2, 0) is 13.1 Å². The van der Waals surface area contributed by atoms with E-state index in [0.717, 1.165) is 16.9 Å². The van der Waals surface area contributed by atoms with Crippen LogP contribution in [0.4, 0.5) is 5.69 Å². The maximum absolute atomic E-state index is 13.6. The van der Waals surface area contributed by atoms with Gasteiger partial charge < -0.3 is 25.2 Å². The van der Waals surface area contributed by atoms with E-state index >= 15 is 0 Å². The predicted molar refractivity (Wildman–Crippen MR) is 184 cm³/mol. The summed E-state index contributed by atoms with van der Waals surface area (Å²) < 4.78 is 5.82. The summed E-state index contributed by atoms with van der Waals surface area (Å²) >= 11 is 1.39. The molecule has 0 fully saturated rings. The number of nitrogens with zero attached hydrogens (tertiary/aromatic N) is 2. The van der Waals surface area contributed by atoms with E-state index in [-0.39, 0.29) is 23.9 Å². The quantitative estimate of drug-likeness (QED) is 0.130. The number of anilines is 1. The van der Waals surface area contributed by atoms with Crippen LogP contribution in [0.5, 0.6) is 17.2 Å². The van der Waals surface area contributed by atoms with Crippen LogP contribution in [-0.4, -0.2) is 33.0 Å². The summed E-state index contributed by atoms with van der Waals surface area (Å²) in [4.78, 5) is 44.3. The molecule has 0 spiro atoms. The summed E-state index contributed by atoms with van der Waals surface area (Å²) in [7, 11) is 0. The summed E-state index contributed by atoms with van der Waals surface area (Å²) in [5.41, 5.74) is 3.23. The number of hydrogen-bond donors (Lipinski definition) is 3. The normalized spacial score (nSPS) is 10.7. The molecule has 0 radical (unpaired) electrons. The molecular formula is C38H29N3O6S. The first-order valence-corrected chi connectivity index (χ1v) is 15.8. The van der Waals surface area contributed by atoms with Gasteiger partial charge in [0.05, 0.1) is 12.2 Å². The molecule has 0 aliphatic heterocycles. The van der Waals surface area contributed by atoms with Crippen molar-refractivity contribution in [3.8, 4) is 27.8 Å². The molecule has 2 amide bonds. The van der Waals surface area contributed by atoms with Gasteiger partial charge in [-0.2, -0.15) is 0 Å². The third-order valence-electron chi connectivity index (χ3n) is 7.41. The zero-order valence-corrected chi connectivity index (χ0v) is 26.3. The van der Waals surface area contributed by atoms with Crippen LogP contribution in [0.1, 0.15) is 42.3 Å². The van der Waals surface area contributed by atoms with Crippen molar-refractivity contribution in [2.24, 2.45) is 0 Å². The van der Waals surface area contributed by atoms with E-state index in [2.05, 4.69) is 5.32 Å². The Balaban J connectivity index is 1.11. The van der Waals surface area contributed by atoms with Gasteiger partial charge in [-0.1, -0.05) is 60.7 Å². The molecule has 0 saturated carbocycles. The van der Waals surface area contributed by atoms with Gasteiger partial charge >= 0.3 is 5.97 Å². The van der Waals surface area contributed by atoms with Gasteiger partial charge in [-0.25, -0.2) is 9.78 Å². The van der Waals surface area contributed by atoms with Gasteiger partial charge in [0, 0.05) is 34.3 Å². The second kappa shape index (κ2) is 14.4. The minimum atomic E-state index is -1.31. The number of carbonyl (C=O) groups is 3. The molecule has 0 aliphatic carbocycles. The first-order valence-electron chi connectivity index (χ1n) is 14.9. The van der Waals surface area contributed by atoms with E-state index < -0.39 is 11.7 Å². The van der Waals surface area contributed by atoms with Gasteiger partial charge in [0.25, 0.3) is 11.8 Å². The lowest BCUT2D eigenvalue weighted by Gasteiger charge is -2.23. The van der Waals surface area contributed by atoms with Crippen molar-refractivity contribution in [2.45, 2.75) is 13.1 Å². The first-order chi connectivity index (χ1) is 23.3. The number of carbonyl (C=O) groups excluding carboxylic acids is 2. The summed E-state index contributed by atoms with van der Waals surface area (Å²) in [6.45, 7) is 0.420. The largest absolute Gasteiger partial charge is 0.507 e. The van der Waals surface area contributed by atoms with E-state index in [0.29, 0.717) is 39.8 Å². The molecule has 6 aromatic rings. The molecule has 0 unspecified atom stereocenters. The SMILES string of the molecule is O=C(NCc1ccc(Oc2ccccc2)cc1)c1ccc(-c2nc(CN(C(=O)c3ccccc3)c3ccc(O)c(C(=O)O)c3)cs2)cc1. The Morgan fingerprint density at radius 2 is 1.44 bits per heavy atom. The molecule has 3 N–H and O–H groups in total. The monoisotopic (exact) mass is 655 g/mol. The van der Waals surface area contributed by atoms with Gasteiger partial charge in [-0.3, -0.25) is 9.59 Å². The molecule has 5 aromatic carbocycles. The highest BCUT2D eigenvalue weighted by Gasteiger charge is 2.22. The Kier molecular flexibility index (Phi) is 9.54. The zero-order chi connectivity index (χ0) is 33.5. The number of rotatable bonds is 11. The molecule has 0 saturated heterocycles. The molecule has 9 nitrogen and oxygen atoms in total. The van der Waals surface area contributed by atoms with Crippen molar-refractivity contribution in [3.63, 3.8) is 0 Å². The molecular weight excluding hydrogens is 627 g/mol. The van der Waals surface area contributed by atoms with Crippen LogP contribution in [0.25, 0.3) is 10.6 Å². The number of phenols is 1. The van der Waals surface area contributed by atoms with Gasteiger partial charge in [-0.15, -0.1) is 11.3 Å². The highest BCUT2D eigenvalue weighted by Crippen LogP contribution is 2.29. The molecule has 48 heavy (non-hydrogen) atoms. The second-order valence-electron chi connectivity index (χ2n) is 10.7. The van der Waals surface area contributed by atoms with Gasteiger partial charge in [-0.05, 0) is 72.3 Å².